The Morgan fingerprint density at radius 2 is 1.94 bits per heavy atom. The van der Waals surface area contributed by atoms with Gasteiger partial charge in [0.05, 0.1) is 12.5 Å². The smallest absolute Gasteiger partial charge is 0.260 e. The number of benzene rings is 1. The van der Waals surface area contributed by atoms with E-state index in [1.807, 2.05) is 0 Å². The van der Waals surface area contributed by atoms with Crippen molar-refractivity contribution < 1.29 is 18.3 Å². The molecule has 1 atom stereocenters. The summed E-state index contributed by atoms with van der Waals surface area (Å²) in [7, 11) is 1.53. The largest absolute Gasteiger partial charge is 0.497 e. The van der Waals surface area contributed by atoms with Crippen molar-refractivity contribution in [2.45, 2.75) is 25.3 Å². The average Bonchev–Trinajstić information content (AvgIpc) is 3.17. The summed E-state index contributed by atoms with van der Waals surface area (Å²) in [6, 6.07) is 5.66. The molecule has 96 valence electrons. The van der Waals surface area contributed by atoms with Crippen LogP contribution in [0.3, 0.4) is 0 Å². The molecule has 0 unspecified atom stereocenters. The topological polar surface area (TPSA) is 29.5 Å². The maximum absolute atomic E-state index is 13.1. The second kappa shape index (κ2) is 3.67. The van der Waals surface area contributed by atoms with Crippen molar-refractivity contribution in [3.05, 3.63) is 24.3 Å². The van der Waals surface area contributed by atoms with Crippen LogP contribution < -0.4 is 9.64 Å². The summed E-state index contributed by atoms with van der Waals surface area (Å²) in [4.78, 5) is 13.2. The minimum atomic E-state index is -2.49. The number of amides is 1. The van der Waals surface area contributed by atoms with E-state index in [0.29, 0.717) is 24.3 Å². The van der Waals surface area contributed by atoms with E-state index < -0.39 is 17.9 Å². The van der Waals surface area contributed by atoms with Gasteiger partial charge in [0, 0.05) is 5.69 Å². The van der Waals surface area contributed by atoms with Gasteiger partial charge in [0.2, 0.25) is 5.91 Å². The van der Waals surface area contributed by atoms with Crippen LogP contribution >= 0.6 is 0 Å². The number of anilines is 1. The fourth-order valence-corrected chi connectivity index (χ4v) is 2.69. The molecule has 0 aromatic heterocycles. The standard InChI is InChI=1S/C13H13F2NO2/c1-18-9-4-2-8(3-5-9)16-10(11(14)15)13(6-7-13)12(16)17/h2-5,10-11H,6-7H2,1H3/t10-/m0/s1. The number of nitrogens with zero attached hydrogens (tertiary/aromatic N) is 1. The second-order valence-corrected chi connectivity index (χ2v) is 4.81. The number of alkyl halides is 2. The summed E-state index contributed by atoms with van der Waals surface area (Å²) in [5.41, 5.74) is -0.239. The number of hydrogen-bond donors (Lipinski definition) is 0. The van der Waals surface area contributed by atoms with Crippen LogP contribution in [-0.2, 0) is 4.79 Å². The van der Waals surface area contributed by atoms with Gasteiger partial charge in [-0.1, -0.05) is 0 Å². The molecule has 1 saturated carbocycles. The fraction of sp³-hybridized carbons (Fsp3) is 0.462. The number of rotatable bonds is 3. The van der Waals surface area contributed by atoms with Crippen LogP contribution in [-0.4, -0.2) is 25.5 Å². The van der Waals surface area contributed by atoms with Gasteiger partial charge in [-0.05, 0) is 37.1 Å². The molecule has 1 aromatic rings. The van der Waals surface area contributed by atoms with Crippen LogP contribution in [0.4, 0.5) is 14.5 Å². The zero-order valence-electron chi connectivity index (χ0n) is 9.90. The van der Waals surface area contributed by atoms with Gasteiger partial charge in [-0.15, -0.1) is 0 Å². The molecule has 3 rings (SSSR count). The lowest BCUT2D eigenvalue weighted by Gasteiger charge is -2.47. The van der Waals surface area contributed by atoms with Crippen LogP contribution in [0.15, 0.2) is 24.3 Å². The molecule has 1 aromatic carbocycles. The van der Waals surface area contributed by atoms with Gasteiger partial charge in [-0.25, -0.2) is 8.78 Å². The lowest BCUT2D eigenvalue weighted by Crippen LogP contribution is -2.66. The number of β-lactam (4-membered cyclic amide) rings is 1. The summed E-state index contributed by atoms with van der Waals surface area (Å²) < 4.78 is 31.1. The predicted molar refractivity (Wildman–Crippen MR) is 61.9 cm³/mol. The molecule has 1 aliphatic carbocycles. The molecule has 1 amide bonds. The van der Waals surface area contributed by atoms with Crippen LogP contribution in [0.1, 0.15) is 12.8 Å². The number of ether oxygens (including phenoxy) is 1. The normalized spacial score (nSPS) is 24.3. The van der Waals surface area contributed by atoms with Crippen molar-refractivity contribution in [2.24, 2.45) is 5.41 Å². The van der Waals surface area contributed by atoms with Crippen molar-refractivity contribution in [1.29, 1.82) is 0 Å². The highest BCUT2D eigenvalue weighted by Crippen LogP contribution is 2.61. The van der Waals surface area contributed by atoms with Gasteiger partial charge in [-0.3, -0.25) is 4.79 Å². The summed E-state index contributed by atoms with van der Waals surface area (Å²) in [6.45, 7) is 0. The lowest BCUT2D eigenvalue weighted by atomic mass is 9.83. The third kappa shape index (κ3) is 1.36. The quantitative estimate of drug-likeness (QED) is 0.774. The molecule has 1 saturated heterocycles. The highest BCUT2D eigenvalue weighted by atomic mass is 19.3. The highest BCUT2D eigenvalue weighted by molar-refractivity contribution is 6.08. The first-order valence-corrected chi connectivity index (χ1v) is 5.86. The third-order valence-electron chi connectivity index (χ3n) is 3.87. The summed E-state index contributed by atoms with van der Waals surface area (Å²) in [5.74, 6) is 0.472. The van der Waals surface area contributed by atoms with Gasteiger partial charge < -0.3 is 9.64 Å². The van der Waals surface area contributed by atoms with E-state index in [9.17, 15) is 13.6 Å². The minimum Gasteiger partial charge on any atom is -0.497 e. The summed E-state index contributed by atoms with van der Waals surface area (Å²) in [6.07, 6.45) is -1.31. The van der Waals surface area contributed by atoms with Crippen molar-refractivity contribution in [3.63, 3.8) is 0 Å². The Kier molecular flexibility index (Phi) is 2.33. The molecule has 0 bridgehead atoms. The van der Waals surface area contributed by atoms with Crippen LogP contribution in [0.5, 0.6) is 5.75 Å². The first-order chi connectivity index (χ1) is 8.60. The molecule has 2 aliphatic rings. The third-order valence-corrected chi connectivity index (χ3v) is 3.87. The van der Waals surface area contributed by atoms with Gasteiger partial charge in [0.25, 0.3) is 6.43 Å². The number of carbonyl (C=O) groups excluding carboxylic acids is 1. The van der Waals surface area contributed by atoms with E-state index in [1.54, 1.807) is 24.3 Å². The van der Waals surface area contributed by atoms with E-state index in [4.69, 9.17) is 4.74 Å². The molecule has 1 heterocycles. The Labute approximate surface area is 103 Å². The van der Waals surface area contributed by atoms with Gasteiger partial charge in [0.1, 0.15) is 11.8 Å². The lowest BCUT2D eigenvalue weighted by molar-refractivity contribution is -0.137. The molecular weight excluding hydrogens is 240 g/mol. The van der Waals surface area contributed by atoms with E-state index >= 15 is 0 Å². The van der Waals surface area contributed by atoms with E-state index in [0.717, 1.165) is 0 Å². The maximum Gasteiger partial charge on any atom is 0.260 e. The van der Waals surface area contributed by atoms with Crippen LogP contribution in [0.2, 0.25) is 0 Å². The second-order valence-electron chi connectivity index (χ2n) is 4.81. The average molecular weight is 253 g/mol. The van der Waals surface area contributed by atoms with Crippen molar-refractivity contribution >= 4 is 11.6 Å². The minimum absolute atomic E-state index is 0.169. The summed E-state index contributed by atoms with van der Waals surface area (Å²) >= 11 is 0. The van der Waals surface area contributed by atoms with Crippen molar-refractivity contribution in [1.82, 2.24) is 0 Å². The fourth-order valence-electron chi connectivity index (χ4n) is 2.69. The SMILES string of the molecule is COc1ccc(N2C(=O)C3(CC3)[C@@H]2C(F)F)cc1. The first-order valence-electron chi connectivity index (χ1n) is 5.86. The van der Waals surface area contributed by atoms with E-state index in [-0.39, 0.29) is 5.91 Å². The Hall–Kier alpha value is -1.65. The molecular formula is C13H13F2NO2. The number of carbonyl (C=O) groups is 1. The monoisotopic (exact) mass is 253 g/mol. The molecule has 0 radical (unpaired) electrons. The van der Waals surface area contributed by atoms with Gasteiger partial charge in [0.15, 0.2) is 0 Å². The Bertz CT molecular complexity index is 482. The zero-order valence-corrected chi connectivity index (χ0v) is 9.90. The predicted octanol–water partition coefficient (Wildman–Crippen LogP) is 2.46. The molecule has 0 N–H and O–H groups in total. The Balaban J connectivity index is 1.89. The molecule has 18 heavy (non-hydrogen) atoms. The van der Waals surface area contributed by atoms with Gasteiger partial charge >= 0.3 is 0 Å². The first kappa shape index (κ1) is 11.4. The van der Waals surface area contributed by atoms with Crippen molar-refractivity contribution in [2.75, 3.05) is 12.0 Å². The van der Waals surface area contributed by atoms with Crippen LogP contribution in [0.25, 0.3) is 0 Å². The Morgan fingerprint density at radius 3 is 2.39 bits per heavy atom. The molecule has 1 spiro atoms. The highest BCUT2D eigenvalue weighted by Gasteiger charge is 2.71. The van der Waals surface area contributed by atoms with Crippen LogP contribution in [0, 0.1) is 5.41 Å². The van der Waals surface area contributed by atoms with E-state index in [1.165, 1.54) is 12.0 Å². The molecule has 3 nitrogen and oxygen atoms in total. The summed E-state index contributed by atoms with van der Waals surface area (Å²) in [5, 5.41) is 0. The van der Waals surface area contributed by atoms with Crippen molar-refractivity contribution in [3.8, 4) is 5.75 Å². The number of methoxy groups -OCH3 is 1. The maximum atomic E-state index is 13.1. The molecule has 2 fully saturated rings. The molecule has 5 heteroatoms. The molecule has 1 aliphatic heterocycles. The number of halogens is 2. The van der Waals surface area contributed by atoms with E-state index in [2.05, 4.69) is 0 Å². The number of hydrogen-bond acceptors (Lipinski definition) is 2. The Morgan fingerprint density at radius 1 is 1.33 bits per heavy atom. The zero-order chi connectivity index (χ0) is 12.9. The van der Waals surface area contributed by atoms with Gasteiger partial charge in [-0.2, -0.15) is 0 Å².